The molecule has 5 nitrogen and oxygen atoms in total. The molecule has 1 saturated carbocycles. The van der Waals surface area contributed by atoms with Gasteiger partial charge in [-0.2, -0.15) is 11.8 Å². The molecular formula is C20H26N4OS. The van der Waals surface area contributed by atoms with Crippen LogP contribution in [0.5, 0.6) is 0 Å². The Morgan fingerprint density at radius 1 is 1.27 bits per heavy atom. The molecule has 26 heavy (non-hydrogen) atoms. The standard InChI is InChI=1S/C20H26N4OS/c25-19(15-26-14-16-5-6-16)23-9-2-4-18(13-23)20-22-8-10-24(20)12-17-3-1-7-21-11-17/h1,3,7-8,10-11,16,18H,2,4-6,9,12-15H2/t18-/m1/s1. The van der Waals surface area contributed by atoms with E-state index >= 15 is 0 Å². The predicted octanol–water partition coefficient (Wildman–Crippen LogP) is 3.18. The van der Waals surface area contributed by atoms with E-state index < -0.39 is 0 Å². The molecule has 4 rings (SSSR count). The van der Waals surface area contributed by atoms with Gasteiger partial charge in [0.05, 0.1) is 12.3 Å². The number of hydrogen-bond acceptors (Lipinski definition) is 4. The number of piperidine rings is 1. The number of aromatic nitrogens is 3. The van der Waals surface area contributed by atoms with E-state index in [1.54, 1.807) is 6.20 Å². The summed E-state index contributed by atoms with van der Waals surface area (Å²) in [7, 11) is 0. The first-order chi connectivity index (χ1) is 12.8. The average Bonchev–Trinajstić information content (AvgIpc) is 3.39. The number of hydrogen-bond donors (Lipinski definition) is 0. The molecular weight excluding hydrogens is 344 g/mol. The Kier molecular flexibility index (Phi) is 5.58. The lowest BCUT2D eigenvalue weighted by atomic mass is 9.97. The number of carbonyl (C=O) groups excluding carboxylic acids is 1. The van der Waals surface area contributed by atoms with Gasteiger partial charge < -0.3 is 9.47 Å². The van der Waals surface area contributed by atoms with Crippen molar-refractivity contribution in [3.8, 4) is 0 Å². The number of imidazole rings is 1. The first-order valence-electron chi connectivity index (χ1n) is 9.55. The van der Waals surface area contributed by atoms with Crippen molar-refractivity contribution in [1.29, 1.82) is 0 Å². The van der Waals surface area contributed by atoms with Gasteiger partial charge in [0.2, 0.25) is 5.91 Å². The van der Waals surface area contributed by atoms with Crippen LogP contribution in [0.2, 0.25) is 0 Å². The fourth-order valence-electron chi connectivity index (χ4n) is 3.61. The zero-order valence-corrected chi connectivity index (χ0v) is 15.9. The van der Waals surface area contributed by atoms with E-state index in [0.29, 0.717) is 17.6 Å². The molecule has 2 aliphatic rings. The topological polar surface area (TPSA) is 51.0 Å². The van der Waals surface area contributed by atoms with Crippen molar-refractivity contribution in [3.05, 3.63) is 48.3 Å². The second-order valence-electron chi connectivity index (χ2n) is 7.41. The smallest absolute Gasteiger partial charge is 0.232 e. The maximum Gasteiger partial charge on any atom is 0.232 e. The first-order valence-corrected chi connectivity index (χ1v) is 10.7. The van der Waals surface area contributed by atoms with Crippen molar-refractivity contribution in [2.45, 2.75) is 38.1 Å². The average molecular weight is 371 g/mol. The maximum atomic E-state index is 12.6. The Morgan fingerprint density at radius 2 is 2.19 bits per heavy atom. The van der Waals surface area contributed by atoms with Gasteiger partial charge in [-0.15, -0.1) is 0 Å². The summed E-state index contributed by atoms with van der Waals surface area (Å²) in [4.78, 5) is 23.4. The molecule has 2 aromatic heterocycles. The number of rotatable bonds is 7. The van der Waals surface area contributed by atoms with Crippen molar-refractivity contribution < 1.29 is 4.79 Å². The molecule has 1 aliphatic heterocycles. The third-order valence-electron chi connectivity index (χ3n) is 5.24. The molecule has 138 valence electrons. The number of likely N-dealkylation sites (tertiary alicyclic amines) is 1. The van der Waals surface area contributed by atoms with Crippen molar-refractivity contribution in [2.24, 2.45) is 5.92 Å². The second-order valence-corrected chi connectivity index (χ2v) is 8.44. The molecule has 2 aromatic rings. The number of pyridine rings is 1. The number of nitrogens with zero attached hydrogens (tertiary/aromatic N) is 4. The molecule has 0 aromatic carbocycles. The molecule has 0 bridgehead atoms. The summed E-state index contributed by atoms with van der Waals surface area (Å²) >= 11 is 1.81. The van der Waals surface area contributed by atoms with Crippen LogP contribution in [0.1, 0.15) is 43.0 Å². The summed E-state index contributed by atoms with van der Waals surface area (Å²) in [6.07, 6.45) is 12.5. The van der Waals surface area contributed by atoms with Gasteiger partial charge in [0.1, 0.15) is 5.82 Å². The second kappa shape index (κ2) is 8.25. The quantitative estimate of drug-likeness (QED) is 0.751. The van der Waals surface area contributed by atoms with Crippen LogP contribution in [0.25, 0.3) is 0 Å². The third kappa shape index (κ3) is 4.47. The fourth-order valence-corrected chi connectivity index (χ4v) is 4.75. The van der Waals surface area contributed by atoms with Gasteiger partial charge in [0.15, 0.2) is 0 Å². The summed E-state index contributed by atoms with van der Waals surface area (Å²) in [5.41, 5.74) is 1.17. The molecule has 0 unspecified atom stereocenters. The SMILES string of the molecule is O=C(CSCC1CC1)N1CCC[C@@H](c2nccn2Cc2cccnc2)C1. The van der Waals surface area contributed by atoms with Gasteiger partial charge in [-0.1, -0.05) is 6.07 Å². The Morgan fingerprint density at radius 3 is 3.00 bits per heavy atom. The molecule has 1 saturated heterocycles. The number of carbonyl (C=O) groups is 1. The van der Waals surface area contributed by atoms with E-state index in [1.807, 2.05) is 36.4 Å². The van der Waals surface area contributed by atoms with Crippen LogP contribution in [0.3, 0.4) is 0 Å². The zero-order valence-electron chi connectivity index (χ0n) is 15.1. The highest BCUT2D eigenvalue weighted by Crippen LogP contribution is 2.32. The molecule has 1 atom stereocenters. The number of thioether (sulfide) groups is 1. The molecule has 2 fully saturated rings. The molecule has 1 aliphatic carbocycles. The monoisotopic (exact) mass is 370 g/mol. The van der Waals surface area contributed by atoms with E-state index in [2.05, 4.69) is 25.5 Å². The Labute approximate surface area is 159 Å². The largest absolute Gasteiger partial charge is 0.341 e. The molecule has 0 radical (unpaired) electrons. The Balaban J connectivity index is 1.36. The molecule has 0 spiro atoms. The summed E-state index contributed by atoms with van der Waals surface area (Å²) in [5.74, 6) is 4.38. The molecule has 6 heteroatoms. The lowest BCUT2D eigenvalue weighted by molar-refractivity contribution is -0.129. The summed E-state index contributed by atoms with van der Waals surface area (Å²) in [6.45, 7) is 2.47. The normalized spacial score (nSPS) is 20.3. The van der Waals surface area contributed by atoms with E-state index in [4.69, 9.17) is 0 Å². The van der Waals surface area contributed by atoms with Crippen LogP contribution in [0.4, 0.5) is 0 Å². The van der Waals surface area contributed by atoms with Crippen LogP contribution < -0.4 is 0 Å². The van der Waals surface area contributed by atoms with Crippen molar-refractivity contribution >= 4 is 17.7 Å². The summed E-state index contributed by atoms with van der Waals surface area (Å²) < 4.78 is 2.21. The fraction of sp³-hybridized carbons (Fsp3) is 0.550. The summed E-state index contributed by atoms with van der Waals surface area (Å²) in [5, 5.41) is 0. The van der Waals surface area contributed by atoms with E-state index in [0.717, 1.165) is 50.0 Å². The molecule has 3 heterocycles. The van der Waals surface area contributed by atoms with Gasteiger partial charge in [-0.05, 0) is 49.0 Å². The van der Waals surface area contributed by atoms with Crippen LogP contribution >= 0.6 is 11.8 Å². The van der Waals surface area contributed by atoms with Crippen LogP contribution in [0, 0.1) is 5.92 Å². The summed E-state index contributed by atoms with van der Waals surface area (Å²) in [6, 6.07) is 4.05. The van der Waals surface area contributed by atoms with Gasteiger partial charge in [-0.3, -0.25) is 9.78 Å². The zero-order chi connectivity index (χ0) is 17.8. The third-order valence-corrected chi connectivity index (χ3v) is 6.40. The van der Waals surface area contributed by atoms with E-state index in [1.165, 1.54) is 18.4 Å². The van der Waals surface area contributed by atoms with Gasteiger partial charge in [0, 0.05) is 43.8 Å². The minimum Gasteiger partial charge on any atom is -0.341 e. The Bertz CT molecular complexity index is 728. The van der Waals surface area contributed by atoms with Crippen molar-refractivity contribution in [2.75, 3.05) is 24.6 Å². The maximum absolute atomic E-state index is 12.6. The minimum atomic E-state index is 0.297. The molecule has 1 amide bonds. The van der Waals surface area contributed by atoms with Crippen molar-refractivity contribution in [3.63, 3.8) is 0 Å². The van der Waals surface area contributed by atoms with E-state index in [-0.39, 0.29) is 0 Å². The molecule has 0 N–H and O–H groups in total. The number of amides is 1. The highest BCUT2D eigenvalue weighted by atomic mass is 32.2. The highest BCUT2D eigenvalue weighted by molar-refractivity contribution is 7.99. The lowest BCUT2D eigenvalue weighted by Crippen LogP contribution is -2.40. The van der Waals surface area contributed by atoms with Crippen LogP contribution in [0.15, 0.2) is 36.9 Å². The predicted molar refractivity (Wildman–Crippen MR) is 104 cm³/mol. The van der Waals surface area contributed by atoms with Gasteiger partial charge >= 0.3 is 0 Å². The minimum absolute atomic E-state index is 0.297. The first kappa shape index (κ1) is 17.6. The van der Waals surface area contributed by atoms with Crippen LogP contribution in [-0.2, 0) is 11.3 Å². The van der Waals surface area contributed by atoms with Gasteiger partial charge in [-0.25, -0.2) is 4.98 Å². The van der Waals surface area contributed by atoms with E-state index in [9.17, 15) is 4.79 Å². The van der Waals surface area contributed by atoms with Crippen LogP contribution in [-0.4, -0.2) is 49.9 Å². The Hall–Kier alpha value is -1.82. The lowest BCUT2D eigenvalue weighted by Gasteiger charge is -2.32. The van der Waals surface area contributed by atoms with Crippen molar-refractivity contribution in [1.82, 2.24) is 19.4 Å². The highest BCUT2D eigenvalue weighted by Gasteiger charge is 2.28. The van der Waals surface area contributed by atoms with Gasteiger partial charge in [0.25, 0.3) is 0 Å².